The maximum atomic E-state index is 15.1. The van der Waals surface area contributed by atoms with Gasteiger partial charge in [0.15, 0.2) is 5.82 Å². The summed E-state index contributed by atoms with van der Waals surface area (Å²) in [5.74, 6) is -3.23. The van der Waals surface area contributed by atoms with E-state index in [1.807, 2.05) is 4.90 Å². The Bertz CT molecular complexity index is 1620. The Kier molecular flexibility index (Phi) is 6.80. The normalized spacial score (nSPS) is 18.4. The molecule has 0 saturated carbocycles. The number of anilines is 1. The molecular formula is C27H23F5N6O3. The highest BCUT2D eigenvalue weighted by Crippen LogP contribution is 2.37. The number of aromatic nitrogens is 4. The number of likely N-dealkylation sites (tertiary alicyclic amines) is 1. The molecule has 214 valence electrons. The number of nitrogens with zero attached hydrogens (tertiary/aromatic N) is 6. The molecule has 0 radical (unpaired) electrons. The van der Waals surface area contributed by atoms with Crippen LogP contribution in [0.25, 0.3) is 22.0 Å². The molecule has 2 aliphatic heterocycles. The van der Waals surface area contributed by atoms with Crippen molar-refractivity contribution in [2.75, 3.05) is 31.1 Å². The van der Waals surface area contributed by atoms with Gasteiger partial charge in [-0.05, 0) is 49.1 Å². The number of carbonyl (C=O) groups excluding carboxylic acids is 1. The number of carbonyl (C=O) groups is 1. The first-order valence-corrected chi connectivity index (χ1v) is 13.0. The number of hydrogen-bond donors (Lipinski definition) is 1. The SMILES string of the molecule is O=C(c1ccc(-c2cc(F)cc3c(N4CCC(c5noc(C(F)(F)F)n5)CC4)ncnc23)cc1F)N1CCC(O)C1. The van der Waals surface area contributed by atoms with Crippen LogP contribution in [0.5, 0.6) is 0 Å². The summed E-state index contributed by atoms with van der Waals surface area (Å²) in [4.78, 5) is 28.2. The number of hydrogen-bond acceptors (Lipinski definition) is 8. The van der Waals surface area contributed by atoms with E-state index >= 15 is 4.39 Å². The third kappa shape index (κ3) is 5.19. The van der Waals surface area contributed by atoms with Gasteiger partial charge in [0.25, 0.3) is 5.91 Å². The van der Waals surface area contributed by atoms with Crippen molar-refractivity contribution < 1.29 is 36.4 Å². The highest BCUT2D eigenvalue weighted by Gasteiger charge is 2.39. The molecule has 9 nitrogen and oxygen atoms in total. The summed E-state index contributed by atoms with van der Waals surface area (Å²) in [5, 5.41) is 13.6. The number of benzene rings is 2. The number of fused-ring (bicyclic) bond motifs is 1. The highest BCUT2D eigenvalue weighted by molar-refractivity contribution is 6.00. The molecule has 2 aromatic carbocycles. The van der Waals surface area contributed by atoms with Crippen LogP contribution < -0.4 is 4.90 Å². The zero-order valence-corrected chi connectivity index (χ0v) is 21.4. The number of β-amino-alcohol motifs (C(OH)–C–C–N with tert-alkyl or cyclic N) is 1. The van der Waals surface area contributed by atoms with Gasteiger partial charge in [0.1, 0.15) is 23.8 Å². The summed E-state index contributed by atoms with van der Waals surface area (Å²) in [7, 11) is 0. The molecule has 4 aromatic rings. The van der Waals surface area contributed by atoms with E-state index in [4.69, 9.17) is 0 Å². The Hall–Kier alpha value is -4.20. The second-order valence-electron chi connectivity index (χ2n) is 10.2. The van der Waals surface area contributed by atoms with Crippen molar-refractivity contribution in [2.45, 2.75) is 37.5 Å². The predicted molar refractivity (Wildman–Crippen MR) is 135 cm³/mol. The molecule has 1 amide bonds. The van der Waals surface area contributed by atoms with Crippen molar-refractivity contribution in [3.63, 3.8) is 0 Å². The molecule has 2 saturated heterocycles. The van der Waals surface area contributed by atoms with Crippen LogP contribution in [-0.2, 0) is 6.18 Å². The van der Waals surface area contributed by atoms with Gasteiger partial charge in [0.05, 0.1) is 17.2 Å². The Morgan fingerprint density at radius 2 is 1.80 bits per heavy atom. The maximum absolute atomic E-state index is 15.1. The molecule has 41 heavy (non-hydrogen) atoms. The fourth-order valence-electron chi connectivity index (χ4n) is 5.41. The first-order chi connectivity index (χ1) is 19.6. The molecule has 0 spiro atoms. The molecular weight excluding hydrogens is 551 g/mol. The smallest absolute Gasteiger partial charge is 0.391 e. The fourth-order valence-corrected chi connectivity index (χ4v) is 5.41. The molecule has 4 heterocycles. The fraction of sp³-hybridized carbons (Fsp3) is 0.370. The molecule has 2 aromatic heterocycles. The minimum Gasteiger partial charge on any atom is -0.391 e. The molecule has 1 unspecified atom stereocenters. The van der Waals surface area contributed by atoms with Gasteiger partial charge in [-0.15, -0.1) is 0 Å². The van der Waals surface area contributed by atoms with Crippen LogP contribution >= 0.6 is 0 Å². The zero-order chi connectivity index (χ0) is 28.9. The lowest BCUT2D eigenvalue weighted by molar-refractivity contribution is -0.159. The van der Waals surface area contributed by atoms with Gasteiger partial charge < -0.3 is 19.4 Å². The number of halogens is 5. The molecule has 1 N–H and O–H groups in total. The number of alkyl halides is 3. The van der Waals surface area contributed by atoms with E-state index < -0.39 is 35.7 Å². The van der Waals surface area contributed by atoms with Crippen molar-refractivity contribution in [3.8, 4) is 11.1 Å². The number of aliphatic hydroxyl groups excluding tert-OH is 1. The number of aliphatic hydroxyl groups is 1. The van der Waals surface area contributed by atoms with Crippen LogP contribution in [0.4, 0.5) is 27.8 Å². The van der Waals surface area contributed by atoms with E-state index in [0.717, 1.165) is 6.07 Å². The minimum atomic E-state index is -4.72. The molecule has 2 aliphatic rings. The summed E-state index contributed by atoms with van der Waals surface area (Å²) in [5.41, 5.74) is 0.837. The molecule has 1 atom stereocenters. The zero-order valence-electron chi connectivity index (χ0n) is 21.4. The van der Waals surface area contributed by atoms with Crippen molar-refractivity contribution in [3.05, 3.63) is 65.6 Å². The minimum absolute atomic E-state index is 0.0114. The van der Waals surface area contributed by atoms with E-state index in [-0.39, 0.29) is 23.9 Å². The van der Waals surface area contributed by atoms with E-state index in [1.54, 1.807) is 0 Å². The van der Waals surface area contributed by atoms with Crippen molar-refractivity contribution in [2.24, 2.45) is 0 Å². The van der Waals surface area contributed by atoms with Crippen LogP contribution in [0.1, 0.15) is 47.3 Å². The monoisotopic (exact) mass is 574 g/mol. The number of piperidine rings is 1. The number of rotatable bonds is 4. The molecule has 6 rings (SSSR count). The van der Waals surface area contributed by atoms with E-state index in [0.29, 0.717) is 66.7 Å². The summed E-state index contributed by atoms with van der Waals surface area (Å²) in [6.07, 6.45) is -2.79. The van der Waals surface area contributed by atoms with Gasteiger partial charge in [0.2, 0.25) is 0 Å². The second kappa shape index (κ2) is 10.3. The van der Waals surface area contributed by atoms with E-state index in [2.05, 4.69) is 24.6 Å². The van der Waals surface area contributed by atoms with Gasteiger partial charge in [0, 0.05) is 43.0 Å². The topological polar surface area (TPSA) is 108 Å². The standard InChI is InChI=1S/C27H23F5N6O3/c28-16-10-19(15-1-2-18(21(29)9-15)25(40)38-8-5-17(39)12-38)22-20(11-16)24(34-13-33-22)37-6-3-14(4-7-37)23-35-26(41-36-23)27(30,31)32/h1-2,9-11,13-14,17,39H,3-8,12H2. The third-order valence-corrected chi connectivity index (χ3v) is 7.49. The van der Waals surface area contributed by atoms with Crippen LogP contribution in [0.15, 0.2) is 41.2 Å². The van der Waals surface area contributed by atoms with Crippen molar-refractivity contribution >= 4 is 22.6 Å². The summed E-state index contributed by atoms with van der Waals surface area (Å²) in [6, 6.07) is 6.52. The summed E-state index contributed by atoms with van der Waals surface area (Å²) >= 11 is 0. The Labute approximate surface area is 229 Å². The van der Waals surface area contributed by atoms with Gasteiger partial charge in [-0.2, -0.15) is 18.2 Å². The average molecular weight is 575 g/mol. The quantitative estimate of drug-likeness (QED) is 0.354. The summed E-state index contributed by atoms with van der Waals surface area (Å²) in [6.45, 7) is 1.23. The largest absolute Gasteiger partial charge is 0.471 e. The van der Waals surface area contributed by atoms with E-state index in [9.17, 15) is 27.5 Å². The van der Waals surface area contributed by atoms with Crippen LogP contribution in [0.2, 0.25) is 0 Å². The average Bonchev–Trinajstić information content (AvgIpc) is 3.62. The maximum Gasteiger partial charge on any atom is 0.471 e. The molecule has 0 bridgehead atoms. The lowest BCUT2D eigenvalue weighted by Crippen LogP contribution is -2.34. The summed E-state index contributed by atoms with van der Waals surface area (Å²) < 4.78 is 72.9. The Morgan fingerprint density at radius 1 is 1.02 bits per heavy atom. The number of amides is 1. The van der Waals surface area contributed by atoms with E-state index in [1.165, 1.54) is 35.5 Å². The molecule has 2 fully saturated rings. The van der Waals surface area contributed by atoms with Crippen molar-refractivity contribution in [1.82, 2.24) is 25.0 Å². The Balaban J connectivity index is 1.26. The predicted octanol–water partition coefficient (Wildman–Crippen LogP) is 4.57. The van der Waals surface area contributed by atoms with Gasteiger partial charge >= 0.3 is 12.1 Å². The molecule has 0 aliphatic carbocycles. The van der Waals surface area contributed by atoms with Crippen LogP contribution in [0.3, 0.4) is 0 Å². The van der Waals surface area contributed by atoms with Crippen LogP contribution in [0, 0.1) is 11.6 Å². The lowest BCUT2D eigenvalue weighted by atomic mass is 9.95. The van der Waals surface area contributed by atoms with Gasteiger partial charge in [-0.25, -0.2) is 18.7 Å². The van der Waals surface area contributed by atoms with Gasteiger partial charge in [-0.1, -0.05) is 11.2 Å². The van der Waals surface area contributed by atoms with Crippen LogP contribution in [-0.4, -0.2) is 68.3 Å². The molecule has 14 heteroatoms. The Morgan fingerprint density at radius 3 is 2.46 bits per heavy atom. The third-order valence-electron chi connectivity index (χ3n) is 7.49. The first kappa shape index (κ1) is 27.0. The van der Waals surface area contributed by atoms with Gasteiger partial charge in [-0.3, -0.25) is 4.79 Å². The lowest BCUT2D eigenvalue weighted by Gasteiger charge is -2.32. The highest BCUT2D eigenvalue weighted by atomic mass is 19.4. The second-order valence-corrected chi connectivity index (χ2v) is 10.2. The first-order valence-electron chi connectivity index (χ1n) is 13.0. The van der Waals surface area contributed by atoms with Crippen molar-refractivity contribution in [1.29, 1.82) is 0 Å².